The highest BCUT2D eigenvalue weighted by molar-refractivity contribution is 4.99. The molecule has 1 fully saturated rings. The summed E-state index contributed by atoms with van der Waals surface area (Å²) in [6.07, 6.45) is 0. The van der Waals surface area contributed by atoms with Crippen molar-refractivity contribution in [3.8, 4) is 0 Å². The quantitative estimate of drug-likeness (QED) is 0.464. The maximum atomic E-state index is 3.79. The van der Waals surface area contributed by atoms with Crippen molar-refractivity contribution in [3.63, 3.8) is 0 Å². The van der Waals surface area contributed by atoms with Gasteiger partial charge >= 0.3 is 0 Å². The lowest BCUT2D eigenvalue weighted by Crippen LogP contribution is -2.44. The van der Waals surface area contributed by atoms with Gasteiger partial charge in [-0.1, -0.05) is 6.58 Å². The van der Waals surface area contributed by atoms with E-state index in [1.54, 1.807) is 0 Å². The van der Waals surface area contributed by atoms with E-state index in [-0.39, 0.29) is 0 Å². The molecule has 0 saturated carbocycles. The molecule has 0 aromatic heterocycles. The number of hydrogen-bond acceptors (Lipinski definition) is 2. The SMILES string of the molecule is C=C1CNC[C@H](C)N1. The van der Waals surface area contributed by atoms with Gasteiger partial charge in [0, 0.05) is 24.8 Å². The molecule has 0 unspecified atom stereocenters. The van der Waals surface area contributed by atoms with Gasteiger partial charge in [-0.25, -0.2) is 0 Å². The Bertz CT molecular complexity index is 98.7. The Hall–Kier alpha value is -0.500. The first kappa shape index (κ1) is 5.63. The molecule has 1 rings (SSSR count). The van der Waals surface area contributed by atoms with E-state index in [1.807, 2.05) is 0 Å². The summed E-state index contributed by atoms with van der Waals surface area (Å²) in [5.41, 5.74) is 1.10. The van der Waals surface area contributed by atoms with Crippen LogP contribution in [-0.2, 0) is 0 Å². The number of rotatable bonds is 0. The Balaban J connectivity index is 2.34. The zero-order chi connectivity index (χ0) is 5.98. The highest BCUT2D eigenvalue weighted by Gasteiger charge is 2.06. The van der Waals surface area contributed by atoms with Crippen molar-refractivity contribution in [2.45, 2.75) is 13.0 Å². The first-order chi connectivity index (χ1) is 3.79. The van der Waals surface area contributed by atoms with Crippen LogP contribution in [0, 0.1) is 0 Å². The number of piperazine rings is 1. The summed E-state index contributed by atoms with van der Waals surface area (Å²) >= 11 is 0. The lowest BCUT2D eigenvalue weighted by molar-refractivity contribution is 0.496. The minimum Gasteiger partial charge on any atom is -0.384 e. The molecular weight excluding hydrogens is 100 g/mol. The third-order valence-electron chi connectivity index (χ3n) is 1.24. The molecule has 2 heteroatoms. The van der Waals surface area contributed by atoms with Crippen molar-refractivity contribution < 1.29 is 0 Å². The average Bonchev–Trinajstić information content (AvgIpc) is 1.64. The molecule has 2 N–H and O–H groups in total. The van der Waals surface area contributed by atoms with Crippen LogP contribution in [0.1, 0.15) is 6.92 Å². The molecule has 0 amide bonds. The molecule has 1 aliphatic rings. The predicted molar refractivity (Wildman–Crippen MR) is 34.6 cm³/mol. The van der Waals surface area contributed by atoms with Crippen LogP contribution >= 0.6 is 0 Å². The lowest BCUT2D eigenvalue weighted by Gasteiger charge is -2.23. The maximum Gasteiger partial charge on any atom is 0.0355 e. The molecule has 0 aromatic rings. The minimum atomic E-state index is 0.552. The molecule has 1 heterocycles. The van der Waals surface area contributed by atoms with Crippen molar-refractivity contribution in [1.82, 2.24) is 10.6 Å². The average molecular weight is 112 g/mol. The molecular formula is C6H12N2. The van der Waals surface area contributed by atoms with Gasteiger partial charge in [0.1, 0.15) is 0 Å². The van der Waals surface area contributed by atoms with Gasteiger partial charge in [0.15, 0.2) is 0 Å². The van der Waals surface area contributed by atoms with E-state index in [2.05, 4.69) is 24.1 Å². The molecule has 0 radical (unpaired) electrons. The van der Waals surface area contributed by atoms with Gasteiger partial charge in [-0.3, -0.25) is 0 Å². The van der Waals surface area contributed by atoms with E-state index in [1.165, 1.54) is 0 Å². The number of hydrogen-bond donors (Lipinski definition) is 2. The highest BCUT2D eigenvalue weighted by Crippen LogP contribution is 1.91. The highest BCUT2D eigenvalue weighted by atomic mass is 15.1. The molecule has 0 bridgehead atoms. The third kappa shape index (κ3) is 1.23. The van der Waals surface area contributed by atoms with E-state index in [4.69, 9.17) is 0 Å². The minimum absolute atomic E-state index is 0.552. The van der Waals surface area contributed by atoms with Crippen LogP contribution < -0.4 is 10.6 Å². The summed E-state index contributed by atoms with van der Waals surface area (Å²) < 4.78 is 0. The molecule has 1 aliphatic heterocycles. The van der Waals surface area contributed by atoms with Crippen LogP contribution in [0.5, 0.6) is 0 Å². The summed E-state index contributed by atoms with van der Waals surface area (Å²) in [7, 11) is 0. The van der Waals surface area contributed by atoms with Gasteiger partial charge in [0.2, 0.25) is 0 Å². The second kappa shape index (κ2) is 2.18. The Labute approximate surface area is 50.0 Å². The Morgan fingerprint density at radius 2 is 2.50 bits per heavy atom. The standard InChI is InChI=1S/C6H12N2/c1-5-3-7-4-6(2)8-5/h6-8H,1,3-4H2,2H3/t6-/m0/s1. The second-order valence-electron chi connectivity index (χ2n) is 2.28. The summed E-state index contributed by atoms with van der Waals surface area (Å²) in [5, 5.41) is 6.44. The molecule has 2 nitrogen and oxygen atoms in total. The number of nitrogens with one attached hydrogen (secondary N) is 2. The fraction of sp³-hybridized carbons (Fsp3) is 0.667. The van der Waals surface area contributed by atoms with Crippen LogP contribution in [0.15, 0.2) is 12.3 Å². The van der Waals surface area contributed by atoms with Crippen LogP contribution in [0.3, 0.4) is 0 Å². The Morgan fingerprint density at radius 1 is 1.75 bits per heavy atom. The summed E-state index contributed by atoms with van der Waals surface area (Å²) in [6.45, 7) is 7.90. The normalized spacial score (nSPS) is 29.6. The van der Waals surface area contributed by atoms with Gasteiger partial charge in [-0.05, 0) is 6.92 Å². The monoisotopic (exact) mass is 112 g/mol. The van der Waals surface area contributed by atoms with Crippen LogP contribution in [0.4, 0.5) is 0 Å². The van der Waals surface area contributed by atoms with Gasteiger partial charge in [0.05, 0.1) is 0 Å². The maximum absolute atomic E-state index is 3.79. The van der Waals surface area contributed by atoms with E-state index >= 15 is 0 Å². The molecule has 0 aliphatic carbocycles. The topological polar surface area (TPSA) is 24.1 Å². The summed E-state index contributed by atoms with van der Waals surface area (Å²) in [6, 6.07) is 0.552. The largest absolute Gasteiger partial charge is 0.384 e. The molecule has 0 spiro atoms. The van der Waals surface area contributed by atoms with Gasteiger partial charge < -0.3 is 10.6 Å². The molecule has 46 valence electrons. The zero-order valence-electron chi connectivity index (χ0n) is 5.20. The molecule has 0 aromatic carbocycles. The molecule has 1 saturated heterocycles. The van der Waals surface area contributed by atoms with Crippen molar-refractivity contribution >= 4 is 0 Å². The molecule has 1 atom stereocenters. The van der Waals surface area contributed by atoms with Crippen LogP contribution in [-0.4, -0.2) is 19.1 Å². The summed E-state index contributed by atoms with van der Waals surface area (Å²) in [5.74, 6) is 0. The van der Waals surface area contributed by atoms with E-state index < -0.39 is 0 Å². The predicted octanol–water partition coefficient (Wildman–Crippen LogP) is 0.0814. The second-order valence-corrected chi connectivity index (χ2v) is 2.28. The fourth-order valence-electron chi connectivity index (χ4n) is 0.890. The fourth-order valence-corrected chi connectivity index (χ4v) is 0.890. The first-order valence-corrected chi connectivity index (χ1v) is 2.94. The van der Waals surface area contributed by atoms with Crippen molar-refractivity contribution in [2.24, 2.45) is 0 Å². The van der Waals surface area contributed by atoms with Crippen LogP contribution in [0.25, 0.3) is 0 Å². The van der Waals surface area contributed by atoms with E-state index in [0.717, 1.165) is 18.8 Å². The van der Waals surface area contributed by atoms with Gasteiger partial charge in [-0.2, -0.15) is 0 Å². The zero-order valence-corrected chi connectivity index (χ0v) is 5.20. The van der Waals surface area contributed by atoms with Crippen LogP contribution in [0.2, 0.25) is 0 Å². The van der Waals surface area contributed by atoms with E-state index in [9.17, 15) is 0 Å². The first-order valence-electron chi connectivity index (χ1n) is 2.94. The van der Waals surface area contributed by atoms with Crippen molar-refractivity contribution in [2.75, 3.05) is 13.1 Å². The smallest absolute Gasteiger partial charge is 0.0355 e. The van der Waals surface area contributed by atoms with E-state index in [0.29, 0.717) is 6.04 Å². The lowest BCUT2D eigenvalue weighted by atomic mass is 10.2. The van der Waals surface area contributed by atoms with Gasteiger partial charge in [0.25, 0.3) is 0 Å². The van der Waals surface area contributed by atoms with Crippen molar-refractivity contribution in [3.05, 3.63) is 12.3 Å². The third-order valence-corrected chi connectivity index (χ3v) is 1.24. The van der Waals surface area contributed by atoms with Crippen molar-refractivity contribution in [1.29, 1.82) is 0 Å². The Morgan fingerprint density at radius 3 is 2.88 bits per heavy atom. The van der Waals surface area contributed by atoms with Gasteiger partial charge in [-0.15, -0.1) is 0 Å². The molecule has 8 heavy (non-hydrogen) atoms. The Kier molecular flexibility index (Phi) is 1.53. The summed E-state index contributed by atoms with van der Waals surface area (Å²) in [4.78, 5) is 0.